The summed E-state index contributed by atoms with van der Waals surface area (Å²) in [6, 6.07) is 4.96. The van der Waals surface area contributed by atoms with E-state index in [1.165, 1.54) is 18.3 Å². The number of likely N-dealkylation sites (N-methyl/N-ethyl adjacent to an activating group) is 1. The number of thiazole rings is 1. The van der Waals surface area contributed by atoms with Crippen LogP contribution in [0.1, 0.15) is 147 Å². The van der Waals surface area contributed by atoms with Crippen molar-refractivity contribution < 1.29 is 38.6 Å². The van der Waals surface area contributed by atoms with E-state index in [0.717, 1.165) is 57.1 Å². The summed E-state index contributed by atoms with van der Waals surface area (Å²) in [6.07, 6.45) is 6.90. The van der Waals surface area contributed by atoms with Gasteiger partial charge in [0.05, 0.1) is 18.0 Å². The van der Waals surface area contributed by atoms with Crippen molar-refractivity contribution in [2.45, 2.75) is 156 Å². The quantitative estimate of drug-likeness (QED) is 0.0550. The van der Waals surface area contributed by atoms with E-state index in [-0.39, 0.29) is 60.7 Å². The van der Waals surface area contributed by atoms with Crippen molar-refractivity contribution in [1.82, 2.24) is 25.4 Å². The van der Waals surface area contributed by atoms with Crippen molar-refractivity contribution in [3.63, 3.8) is 0 Å². The molecule has 1 aliphatic rings. The number of unbranched alkanes of at least 4 members (excludes halogenated alkanes) is 3. The second-order valence-corrected chi connectivity index (χ2v) is 18.8. The summed E-state index contributed by atoms with van der Waals surface area (Å²) in [5.41, 5.74) is 5.69. The van der Waals surface area contributed by atoms with Crippen molar-refractivity contribution in [2.24, 2.45) is 23.0 Å². The number of piperidine rings is 1. The van der Waals surface area contributed by atoms with Gasteiger partial charge >= 0.3 is 11.9 Å². The molecule has 15 nitrogen and oxygen atoms in total. The van der Waals surface area contributed by atoms with Crippen LogP contribution in [0.15, 0.2) is 29.6 Å². The predicted octanol–water partition coefficient (Wildman–Crippen LogP) is 6.33. The first-order chi connectivity index (χ1) is 29.3. The lowest BCUT2D eigenvalue weighted by Crippen LogP contribution is -2.59. The van der Waals surface area contributed by atoms with Gasteiger partial charge < -0.3 is 36.4 Å². The summed E-state index contributed by atoms with van der Waals surface area (Å²) in [5, 5.41) is 20.8. The fraction of sp³-hybridized carbons (Fsp3) is 0.674. The van der Waals surface area contributed by atoms with Gasteiger partial charge in [0.25, 0.3) is 5.91 Å². The second kappa shape index (κ2) is 25.0. The number of aliphatic carboxylic acids is 1. The first-order valence-corrected chi connectivity index (χ1v) is 23.3. The highest BCUT2D eigenvalue weighted by Crippen LogP contribution is 2.32. The standard InChI is InChI=1S/C46H73N7O8S/c1-10-12-13-15-23-53(44(58)40(30(5)11-2)51-42(57)36-17-14-16-22-52(36)9)37(29(3)4)25-38(61-31(6)54)43-50-35(28-62-43)41(56)49-34(26-46(7,8)45(59)60)24-32-18-20-33(21-19-32)48-39(55)27-47/h18-21,28-30,34,36-38,40H,10-17,22-27,47H2,1-9H3,(H,48,55)(H,49,56)(H,51,57)(H,59,60)/t30-,34-,36+,37+,38+,40-/m0/s1. The summed E-state index contributed by atoms with van der Waals surface area (Å²) in [4.78, 5) is 87.8. The lowest BCUT2D eigenvalue weighted by atomic mass is 9.84. The van der Waals surface area contributed by atoms with E-state index in [1.807, 2.05) is 39.6 Å². The Labute approximate surface area is 372 Å². The third kappa shape index (κ3) is 15.7. The van der Waals surface area contributed by atoms with Gasteiger partial charge in [-0.3, -0.25) is 33.7 Å². The third-order valence-electron chi connectivity index (χ3n) is 11.9. The molecule has 4 amide bonds. The molecular weight excluding hydrogens is 811 g/mol. The first kappa shape index (κ1) is 51.9. The number of likely N-dealkylation sites (tertiary alicyclic amines) is 1. The summed E-state index contributed by atoms with van der Waals surface area (Å²) in [7, 11) is 1.95. The van der Waals surface area contributed by atoms with Gasteiger partial charge in [-0.15, -0.1) is 11.3 Å². The van der Waals surface area contributed by atoms with Crippen LogP contribution in [-0.2, 0) is 35.1 Å². The minimum atomic E-state index is -1.17. The number of esters is 1. The van der Waals surface area contributed by atoms with Crippen molar-refractivity contribution in [1.29, 1.82) is 0 Å². The Kier molecular flexibility index (Phi) is 21.0. The number of carboxylic acid groups (broad SMARTS) is 1. The lowest BCUT2D eigenvalue weighted by Gasteiger charge is -2.40. The van der Waals surface area contributed by atoms with Gasteiger partial charge in [0.15, 0.2) is 6.10 Å². The van der Waals surface area contributed by atoms with Crippen LogP contribution in [0.5, 0.6) is 0 Å². The largest absolute Gasteiger partial charge is 0.481 e. The topological polar surface area (TPSA) is 213 Å². The molecule has 0 unspecified atom stereocenters. The Morgan fingerprint density at radius 3 is 2.31 bits per heavy atom. The molecular formula is C46H73N7O8S. The number of aromatic nitrogens is 1. The monoisotopic (exact) mass is 884 g/mol. The number of hydrogen-bond donors (Lipinski definition) is 5. The van der Waals surface area contributed by atoms with Gasteiger partial charge in [0.2, 0.25) is 17.7 Å². The number of ether oxygens (including phenoxy) is 1. The van der Waals surface area contributed by atoms with Crippen LogP contribution in [-0.4, -0.2) is 106 Å². The molecule has 1 saturated heterocycles. The number of carbonyl (C=O) groups excluding carboxylic acids is 5. The van der Waals surface area contributed by atoms with Crippen LogP contribution >= 0.6 is 11.3 Å². The molecule has 1 aliphatic heterocycles. The van der Waals surface area contributed by atoms with Gasteiger partial charge in [0.1, 0.15) is 16.7 Å². The zero-order valence-electron chi connectivity index (χ0n) is 38.5. The maximum Gasteiger partial charge on any atom is 0.309 e. The van der Waals surface area contributed by atoms with Crippen LogP contribution in [0.3, 0.4) is 0 Å². The van der Waals surface area contributed by atoms with Crippen molar-refractivity contribution in [3.05, 3.63) is 45.9 Å². The average Bonchev–Trinajstić information content (AvgIpc) is 3.72. The minimum Gasteiger partial charge on any atom is -0.481 e. The summed E-state index contributed by atoms with van der Waals surface area (Å²) in [6.45, 7) is 15.8. The Morgan fingerprint density at radius 2 is 1.73 bits per heavy atom. The normalized spacial score (nSPS) is 17.0. The molecule has 1 aromatic carbocycles. The van der Waals surface area contributed by atoms with Crippen molar-refractivity contribution >= 4 is 52.6 Å². The molecule has 2 heterocycles. The zero-order valence-corrected chi connectivity index (χ0v) is 39.3. The fourth-order valence-corrected chi connectivity index (χ4v) is 8.78. The molecule has 62 heavy (non-hydrogen) atoms. The number of carbonyl (C=O) groups is 6. The molecule has 0 aliphatic carbocycles. The maximum atomic E-state index is 14.9. The van der Waals surface area contributed by atoms with E-state index in [0.29, 0.717) is 30.1 Å². The second-order valence-electron chi connectivity index (χ2n) is 17.9. The Balaban J connectivity index is 1.93. The number of carboxylic acids is 1. The van der Waals surface area contributed by atoms with Crippen LogP contribution in [0.25, 0.3) is 0 Å². The molecule has 0 bridgehead atoms. The number of nitrogens with zero attached hydrogens (tertiary/aromatic N) is 3. The molecule has 0 radical (unpaired) electrons. The molecule has 6 atom stereocenters. The number of benzene rings is 1. The highest BCUT2D eigenvalue weighted by atomic mass is 32.1. The highest BCUT2D eigenvalue weighted by Gasteiger charge is 2.39. The summed E-state index contributed by atoms with van der Waals surface area (Å²) in [5.74, 6) is -2.91. The Hall–Kier alpha value is -4.41. The van der Waals surface area contributed by atoms with E-state index in [2.05, 4.69) is 32.8 Å². The smallest absolute Gasteiger partial charge is 0.309 e. The van der Waals surface area contributed by atoms with Crippen molar-refractivity contribution in [3.8, 4) is 0 Å². The molecule has 6 N–H and O–H groups in total. The number of hydrogen-bond acceptors (Lipinski definition) is 11. The molecule has 1 aromatic heterocycles. The van der Waals surface area contributed by atoms with E-state index in [1.54, 1.807) is 43.5 Å². The lowest BCUT2D eigenvalue weighted by molar-refractivity contribution is -0.150. The van der Waals surface area contributed by atoms with Gasteiger partial charge in [-0.2, -0.15) is 0 Å². The van der Waals surface area contributed by atoms with E-state index >= 15 is 0 Å². The molecule has 3 rings (SSSR count). The fourth-order valence-electron chi connectivity index (χ4n) is 7.94. The third-order valence-corrected chi connectivity index (χ3v) is 12.9. The van der Waals surface area contributed by atoms with Gasteiger partial charge in [-0.05, 0) is 89.1 Å². The van der Waals surface area contributed by atoms with E-state index < -0.39 is 47.5 Å². The minimum absolute atomic E-state index is 0.0759. The van der Waals surface area contributed by atoms with Crippen LogP contribution in [0.2, 0.25) is 0 Å². The number of rotatable bonds is 25. The van der Waals surface area contributed by atoms with Crippen molar-refractivity contribution in [2.75, 3.05) is 32.0 Å². The van der Waals surface area contributed by atoms with E-state index in [4.69, 9.17) is 10.5 Å². The maximum absolute atomic E-state index is 14.9. The van der Waals surface area contributed by atoms with Gasteiger partial charge in [-0.1, -0.05) is 78.9 Å². The average molecular weight is 884 g/mol. The molecule has 0 saturated carbocycles. The van der Waals surface area contributed by atoms with E-state index in [9.17, 15) is 33.9 Å². The van der Waals surface area contributed by atoms with Crippen LogP contribution in [0.4, 0.5) is 5.69 Å². The van der Waals surface area contributed by atoms with Crippen LogP contribution < -0.4 is 21.7 Å². The number of anilines is 1. The molecule has 0 spiro atoms. The Morgan fingerprint density at radius 1 is 1.03 bits per heavy atom. The predicted molar refractivity (Wildman–Crippen MR) is 242 cm³/mol. The molecule has 2 aromatic rings. The first-order valence-electron chi connectivity index (χ1n) is 22.4. The summed E-state index contributed by atoms with van der Waals surface area (Å²) >= 11 is 1.17. The zero-order chi connectivity index (χ0) is 46.1. The van der Waals surface area contributed by atoms with Gasteiger partial charge in [0, 0.05) is 43.0 Å². The van der Waals surface area contributed by atoms with Gasteiger partial charge in [-0.25, -0.2) is 4.98 Å². The number of nitrogens with one attached hydrogen (secondary N) is 3. The molecule has 16 heteroatoms. The molecule has 1 fully saturated rings. The highest BCUT2D eigenvalue weighted by molar-refractivity contribution is 7.09. The molecule has 346 valence electrons. The number of nitrogens with two attached hydrogens (primary N) is 1. The SMILES string of the molecule is CCCCCCN(C(=O)[C@@H](NC(=O)[C@H]1CCCCN1C)[C@@H](C)CC)[C@H](C[C@@H](OC(C)=O)c1nc(C(=O)N[C@@H](Cc2ccc(NC(=O)CN)cc2)CC(C)(C)C(=O)O)cs1)C(C)C. The number of amides is 4. The Bertz CT molecular complexity index is 1780. The summed E-state index contributed by atoms with van der Waals surface area (Å²) < 4.78 is 5.93. The van der Waals surface area contributed by atoms with Crippen LogP contribution in [0, 0.1) is 17.3 Å².